The Labute approximate surface area is 204 Å². The van der Waals surface area contributed by atoms with Crippen LogP contribution in [0.2, 0.25) is 0 Å². The molecule has 0 radical (unpaired) electrons. The minimum atomic E-state index is -3.59. The van der Waals surface area contributed by atoms with Crippen molar-refractivity contribution >= 4 is 21.8 Å². The number of benzene rings is 2. The van der Waals surface area contributed by atoms with Gasteiger partial charge in [-0.05, 0) is 51.0 Å². The van der Waals surface area contributed by atoms with Crippen molar-refractivity contribution in [3.8, 4) is 17.1 Å². The van der Waals surface area contributed by atoms with Crippen molar-refractivity contribution in [1.82, 2.24) is 24.2 Å². The van der Waals surface area contributed by atoms with Gasteiger partial charge < -0.3 is 4.52 Å². The van der Waals surface area contributed by atoms with Crippen LogP contribution in [-0.2, 0) is 15.8 Å². The maximum Gasteiger partial charge on any atom is 0.242 e. The molecule has 2 aromatic carbocycles. The topological polar surface area (TPSA) is 94.1 Å². The maximum atomic E-state index is 12.7. The van der Waals surface area contributed by atoms with E-state index in [2.05, 4.69) is 15.4 Å². The van der Waals surface area contributed by atoms with Crippen LogP contribution in [0, 0.1) is 27.7 Å². The maximum absolute atomic E-state index is 12.7. The largest absolute Gasteiger partial charge is 0.361 e. The lowest BCUT2D eigenvalue weighted by atomic mass is 10.1. The first-order valence-electron chi connectivity index (χ1n) is 10.7. The summed E-state index contributed by atoms with van der Waals surface area (Å²) in [4.78, 5) is 0.205. The van der Waals surface area contributed by atoms with Crippen LogP contribution in [0.15, 0.2) is 57.0 Å². The van der Waals surface area contributed by atoms with Crippen molar-refractivity contribution in [1.29, 1.82) is 0 Å². The lowest BCUT2D eigenvalue weighted by Crippen LogP contribution is -2.22. The van der Waals surface area contributed by atoms with Gasteiger partial charge in [-0.15, -0.1) is 10.2 Å². The van der Waals surface area contributed by atoms with Gasteiger partial charge in [-0.3, -0.25) is 4.57 Å². The van der Waals surface area contributed by atoms with Gasteiger partial charge in [-0.25, -0.2) is 12.7 Å². The summed E-state index contributed by atoms with van der Waals surface area (Å²) in [6.45, 7) is 7.91. The summed E-state index contributed by atoms with van der Waals surface area (Å²) in [5, 5.41) is 13.8. The summed E-state index contributed by atoms with van der Waals surface area (Å²) < 4.78 is 34.0. The zero-order chi connectivity index (χ0) is 24.6. The lowest BCUT2D eigenvalue weighted by Gasteiger charge is -2.16. The van der Waals surface area contributed by atoms with Gasteiger partial charge in [0.1, 0.15) is 5.76 Å². The molecule has 0 unspecified atom stereocenters. The second-order valence-corrected chi connectivity index (χ2v) is 11.4. The molecule has 0 N–H and O–H groups in total. The summed E-state index contributed by atoms with van der Waals surface area (Å²) in [5.74, 6) is 1.98. The highest BCUT2D eigenvalue weighted by atomic mass is 32.2. The molecule has 178 valence electrons. The zero-order valence-electron chi connectivity index (χ0n) is 20.0. The molecule has 8 nitrogen and oxygen atoms in total. The number of rotatable bonds is 7. The first-order valence-corrected chi connectivity index (χ1v) is 13.1. The standard InChI is InChI=1S/C24H27N5O3S2/c1-15-9-7-10-16(2)22(15)29-23(19-11-8-12-20(13-19)34(30,31)28(5)6)25-26-24(29)33-14-21-17(3)27-32-18(21)4/h7-13H,14H2,1-6H3. The average Bonchev–Trinajstić information content (AvgIpc) is 3.35. The molecule has 2 aromatic heterocycles. The summed E-state index contributed by atoms with van der Waals surface area (Å²) in [6.07, 6.45) is 0. The number of hydrogen-bond acceptors (Lipinski definition) is 7. The zero-order valence-corrected chi connectivity index (χ0v) is 21.7. The van der Waals surface area contributed by atoms with Crippen LogP contribution in [0.5, 0.6) is 0 Å². The minimum absolute atomic E-state index is 0.205. The Kier molecular flexibility index (Phi) is 6.66. The molecule has 0 fully saturated rings. The van der Waals surface area contributed by atoms with Gasteiger partial charge in [-0.1, -0.05) is 47.3 Å². The van der Waals surface area contributed by atoms with E-state index in [1.54, 1.807) is 18.2 Å². The molecule has 0 bridgehead atoms. The molecule has 0 aliphatic rings. The monoisotopic (exact) mass is 497 g/mol. The van der Waals surface area contributed by atoms with Crippen molar-refractivity contribution < 1.29 is 12.9 Å². The third-order valence-electron chi connectivity index (χ3n) is 5.69. The molecule has 0 amide bonds. The predicted octanol–water partition coefficient (Wildman–Crippen LogP) is 4.70. The van der Waals surface area contributed by atoms with Crippen LogP contribution >= 0.6 is 11.8 Å². The summed E-state index contributed by atoms with van der Waals surface area (Å²) in [5.41, 5.74) is 5.66. The molecule has 4 rings (SSSR count). The molecule has 0 saturated heterocycles. The second-order valence-electron chi connectivity index (χ2n) is 8.29. The number of para-hydroxylation sites is 1. The van der Waals surface area contributed by atoms with Crippen LogP contribution in [0.4, 0.5) is 0 Å². The number of aromatic nitrogens is 4. The fourth-order valence-electron chi connectivity index (χ4n) is 3.76. The first-order chi connectivity index (χ1) is 16.1. The van der Waals surface area contributed by atoms with E-state index in [1.807, 2.05) is 56.5 Å². The van der Waals surface area contributed by atoms with E-state index >= 15 is 0 Å². The number of sulfonamides is 1. The first kappa shape index (κ1) is 24.2. The van der Waals surface area contributed by atoms with Crippen molar-refractivity contribution in [2.45, 2.75) is 43.5 Å². The Balaban J connectivity index is 1.86. The van der Waals surface area contributed by atoms with Crippen molar-refractivity contribution in [2.24, 2.45) is 0 Å². The number of aryl methyl sites for hydroxylation is 4. The number of thioether (sulfide) groups is 1. The third kappa shape index (κ3) is 4.40. The Bertz CT molecular complexity index is 1420. The van der Waals surface area contributed by atoms with Crippen LogP contribution in [0.3, 0.4) is 0 Å². The van der Waals surface area contributed by atoms with Crippen LogP contribution in [0.25, 0.3) is 17.1 Å². The van der Waals surface area contributed by atoms with Gasteiger partial charge in [0.05, 0.1) is 16.3 Å². The van der Waals surface area contributed by atoms with E-state index in [9.17, 15) is 8.42 Å². The van der Waals surface area contributed by atoms with Crippen LogP contribution in [-0.4, -0.2) is 46.7 Å². The summed E-state index contributed by atoms with van der Waals surface area (Å²) in [7, 11) is -0.553. The van der Waals surface area contributed by atoms with Gasteiger partial charge in [0, 0.05) is 31.0 Å². The molecule has 0 aliphatic carbocycles. The van der Waals surface area contributed by atoms with E-state index in [1.165, 1.54) is 30.2 Å². The molecule has 0 saturated carbocycles. The van der Waals surface area contributed by atoms with Gasteiger partial charge in [0.25, 0.3) is 0 Å². The molecular formula is C24H27N5O3S2. The van der Waals surface area contributed by atoms with Gasteiger partial charge in [0.15, 0.2) is 11.0 Å². The lowest BCUT2D eigenvalue weighted by molar-refractivity contribution is 0.392. The van der Waals surface area contributed by atoms with E-state index in [0.29, 0.717) is 22.3 Å². The quantitative estimate of drug-likeness (QED) is 0.342. The molecule has 10 heteroatoms. The number of hydrogen-bond donors (Lipinski definition) is 0. The molecular weight excluding hydrogens is 470 g/mol. The average molecular weight is 498 g/mol. The Morgan fingerprint density at radius 3 is 2.29 bits per heavy atom. The summed E-state index contributed by atoms with van der Waals surface area (Å²) >= 11 is 1.54. The Morgan fingerprint density at radius 2 is 1.68 bits per heavy atom. The smallest absolute Gasteiger partial charge is 0.242 e. The van der Waals surface area contributed by atoms with E-state index in [-0.39, 0.29) is 4.90 Å². The van der Waals surface area contributed by atoms with Gasteiger partial charge >= 0.3 is 0 Å². The van der Waals surface area contributed by atoms with Crippen molar-refractivity contribution in [3.05, 3.63) is 70.6 Å². The van der Waals surface area contributed by atoms with Gasteiger partial charge in [0.2, 0.25) is 10.0 Å². The minimum Gasteiger partial charge on any atom is -0.361 e. The fourth-order valence-corrected chi connectivity index (χ4v) is 5.80. The van der Waals surface area contributed by atoms with E-state index in [0.717, 1.165) is 33.8 Å². The van der Waals surface area contributed by atoms with Crippen LogP contribution < -0.4 is 0 Å². The number of nitrogens with zero attached hydrogens (tertiary/aromatic N) is 5. The second kappa shape index (κ2) is 9.36. The van der Waals surface area contributed by atoms with E-state index < -0.39 is 10.0 Å². The highest BCUT2D eigenvalue weighted by molar-refractivity contribution is 7.98. The normalized spacial score (nSPS) is 12.0. The van der Waals surface area contributed by atoms with Crippen molar-refractivity contribution in [3.63, 3.8) is 0 Å². The van der Waals surface area contributed by atoms with Gasteiger partial charge in [-0.2, -0.15) is 0 Å². The molecule has 0 spiro atoms. The third-order valence-corrected chi connectivity index (χ3v) is 8.46. The fraction of sp³-hybridized carbons (Fsp3) is 0.292. The molecule has 0 atom stereocenters. The van der Waals surface area contributed by atoms with Crippen molar-refractivity contribution in [2.75, 3.05) is 14.1 Å². The molecule has 4 aromatic rings. The molecule has 0 aliphatic heterocycles. The highest BCUT2D eigenvalue weighted by Gasteiger charge is 2.23. The molecule has 34 heavy (non-hydrogen) atoms. The summed E-state index contributed by atoms with van der Waals surface area (Å²) in [6, 6.07) is 12.9. The van der Waals surface area contributed by atoms with Crippen LogP contribution in [0.1, 0.15) is 28.1 Å². The Hall–Kier alpha value is -2.95. The predicted molar refractivity (Wildman–Crippen MR) is 133 cm³/mol. The molecule has 2 heterocycles. The van der Waals surface area contributed by atoms with E-state index in [4.69, 9.17) is 4.52 Å². The highest BCUT2D eigenvalue weighted by Crippen LogP contribution is 2.34. The Morgan fingerprint density at radius 1 is 1.00 bits per heavy atom. The SMILES string of the molecule is Cc1cccc(C)c1-n1c(SCc2c(C)noc2C)nnc1-c1cccc(S(=O)(=O)N(C)C)c1.